The van der Waals surface area contributed by atoms with Crippen molar-refractivity contribution in [3.63, 3.8) is 0 Å². The van der Waals surface area contributed by atoms with Gasteiger partial charge >= 0.3 is 0 Å². The Labute approximate surface area is 248 Å². The molecule has 0 saturated heterocycles. The summed E-state index contributed by atoms with van der Waals surface area (Å²) in [5.74, 6) is -9.47. The van der Waals surface area contributed by atoms with E-state index in [2.05, 4.69) is 11.4 Å². The third-order valence-electron chi connectivity index (χ3n) is 9.31. The van der Waals surface area contributed by atoms with Crippen molar-refractivity contribution in [2.24, 2.45) is 29.4 Å². The van der Waals surface area contributed by atoms with Crippen molar-refractivity contribution < 1.29 is 34.5 Å². The van der Waals surface area contributed by atoms with Crippen LogP contribution < -0.4 is 16.0 Å². The van der Waals surface area contributed by atoms with Crippen LogP contribution in [0.4, 0.5) is 11.4 Å². The highest BCUT2D eigenvalue weighted by Gasteiger charge is 2.69. The molecule has 2 aromatic rings. The first-order valence-electron chi connectivity index (χ1n) is 14.0. The molecule has 7 atom stereocenters. The van der Waals surface area contributed by atoms with Crippen LogP contribution in [0.5, 0.6) is 5.75 Å². The summed E-state index contributed by atoms with van der Waals surface area (Å²) < 4.78 is 0. The standard InChI is InChI=1S/C31H35N5O7/c1-35(2)20-11-19(34-13-15-7-5-14(12-32)6-8-15)25(37)22-17(20)9-16-10-18-24(36(3)4)27(39)23(30(33)42)29(41)31(18,43)28(40)21(16)26(22)38/h5-8,11,16,18,21,23-24,27,34,37,39,43H,9-10,13H2,1-4H3,(H2,33,42)/t16-,18-,21?,23?,24-,27?,31-/m1/s1. The molecule has 12 nitrogen and oxygen atoms in total. The SMILES string of the molecule is CN(C)c1cc(NCc2ccc(C#N)cc2)c(O)c2c1C[C@@H]1C[C@@H]3[C@@H](N(C)C)C(O)C(C(N)=O)C(=O)[C@]3(O)C(=O)C1C2=O. The van der Waals surface area contributed by atoms with E-state index in [9.17, 15) is 34.5 Å². The number of primary amides is 1. The second-order valence-corrected chi connectivity index (χ2v) is 12.2. The van der Waals surface area contributed by atoms with Crippen LogP contribution in [0.1, 0.15) is 33.5 Å². The van der Waals surface area contributed by atoms with Crippen LogP contribution in [-0.2, 0) is 27.3 Å². The zero-order chi connectivity index (χ0) is 31.5. The van der Waals surface area contributed by atoms with Gasteiger partial charge in [-0.25, -0.2) is 0 Å². The first kappa shape index (κ1) is 30.2. The minimum absolute atomic E-state index is 0.0432. The zero-order valence-corrected chi connectivity index (χ0v) is 24.4. The van der Waals surface area contributed by atoms with Crippen LogP contribution in [0, 0.1) is 35.0 Å². The molecule has 1 amide bonds. The topological polar surface area (TPSA) is 197 Å². The van der Waals surface area contributed by atoms with Crippen LogP contribution >= 0.6 is 0 Å². The fourth-order valence-electron chi connectivity index (χ4n) is 7.30. The number of carbonyl (C=O) groups is 4. The van der Waals surface area contributed by atoms with Crippen LogP contribution in [0.3, 0.4) is 0 Å². The molecule has 5 rings (SSSR count). The van der Waals surface area contributed by atoms with Crippen molar-refractivity contribution in [3.05, 3.63) is 52.6 Å². The molecule has 0 aliphatic heterocycles. The van der Waals surface area contributed by atoms with Crippen LogP contribution in [0.2, 0.25) is 0 Å². The van der Waals surface area contributed by atoms with Crippen LogP contribution in [-0.4, -0.2) is 89.4 Å². The van der Waals surface area contributed by atoms with Gasteiger partial charge in [0.25, 0.3) is 0 Å². The number of amides is 1. The molecule has 12 heteroatoms. The molecule has 0 spiro atoms. The van der Waals surface area contributed by atoms with Gasteiger partial charge in [-0.15, -0.1) is 0 Å². The summed E-state index contributed by atoms with van der Waals surface area (Å²) in [4.78, 5) is 57.3. The Hall–Kier alpha value is -4.31. The van der Waals surface area contributed by atoms with Gasteiger partial charge in [0, 0.05) is 38.3 Å². The van der Waals surface area contributed by atoms with Crippen molar-refractivity contribution in [2.45, 2.75) is 37.1 Å². The molecule has 0 aromatic heterocycles. The Morgan fingerprint density at radius 3 is 2.35 bits per heavy atom. The Bertz CT molecular complexity index is 1560. The molecule has 2 aromatic carbocycles. The van der Waals surface area contributed by atoms with E-state index in [4.69, 9.17) is 11.0 Å². The summed E-state index contributed by atoms with van der Waals surface area (Å²) in [6.45, 7) is 0.267. The Kier molecular flexibility index (Phi) is 7.54. The highest BCUT2D eigenvalue weighted by Crippen LogP contribution is 2.53. The molecule has 0 heterocycles. The molecule has 2 fully saturated rings. The molecule has 3 unspecified atom stereocenters. The van der Waals surface area contributed by atoms with Crippen molar-refractivity contribution in [1.29, 1.82) is 5.26 Å². The second kappa shape index (κ2) is 10.8. The first-order chi connectivity index (χ1) is 20.2. The number of fused-ring (bicyclic) bond motifs is 3. The average Bonchev–Trinajstić information content (AvgIpc) is 2.94. The number of carbonyl (C=O) groups excluding carboxylic acids is 4. The van der Waals surface area contributed by atoms with E-state index in [0.29, 0.717) is 16.8 Å². The fraction of sp³-hybridized carbons (Fsp3) is 0.452. The average molecular weight is 590 g/mol. The number of anilines is 2. The molecule has 6 N–H and O–H groups in total. The number of nitrogens with one attached hydrogen (secondary N) is 1. The summed E-state index contributed by atoms with van der Waals surface area (Å²) in [5, 5.41) is 46.4. The van der Waals surface area contributed by atoms with Gasteiger partial charge in [0.1, 0.15) is 11.7 Å². The molecule has 3 aliphatic carbocycles. The Morgan fingerprint density at radius 2 is 1.79 bits per heavy atom. The number of aromatic hydroxyl groups is 1. The van der Waals surface area contributed by atoms with Crippen molar-refractivity contribution in [3.8, 4) is 11.8 Å². The van der Waals surface area contributed by atoms with Crippen LogP contribution in [0.25, 0.3) is 0 Å². The van der Waals surface area contributed by atoms with Gasteiger partial charge in [-0.05, 0) is 62.2 Å². The van der Waals surface area contributed by atoms with Gasteiger partial charge in [0.15, 0.2) is 23.0 Å². The third kappa shape index (κ3) is 4.55. The van der Waals surface area contributed by atoms with E-state index in [1.54, 1.807) is 68.3 Å². The van der Waals surface area contributed by atoms with Crippen LogP contribution in [0.15, 0.2) is 30.3 Å². The van der Waals surface area contributed by atoms with Gasteiger partial charge in [-0.2, -0.15) is 5.26 Å². The van der Waals surface area contributed by atoms with Gasteiger partial charge in [0.05, 0.1) is 34.9 Å². The van der Waals surface area contributed by atoms with E-state index in [1.807, 2.05) is 0 Å². The lowest BCUT2D eigenvalue weighted by molar-refractivity contribution is -0.190. The normalized spacial score (nSPS) is 29.8. The summed E-state index contributed by atoms with van der Waals surface area (Å²) in [7, 11) is 6.80. The van der Waals surface area contributed by atoms with Crippen molar-refractivity contribution in [1.82, 2.24) is 4.90 Å². The predicted molar refractivity (Wildman–Crippen MR) is 155 cm³/mol. The number of hydrogen-bond donors (Lipinski definition) is 5. The number of phenolic OH excluding ortho intramolecular Hbond substituents is 1. The first-order valence-corrected chi connectivity index (χ1v) is 14.0. The number of phenols is 1. The highest BCUT2D eigenvalue weighted by molar-refractivity contribution is 6.26. The lowest BCUT2D eigenvalue weighted by Crippen LogP contribution is -2.75. The number of benzene rings is 2. The molecule has 0 radical (unpaired) electrons. The maximum absolute atomic E-state index is 14.1. The molecule has 3 aliphatic rings. The minimum Gasteiger partial charge on any atom is -0.505 e. The number of Topliss-reactive ketones (excluding diaryl/α,β-unsaturated/α-hetero) is 3. The van der Waals surface area contributed by atoms with Gasteiger partial charge < -0.3 is 36.2 Å². The van der Waals surface area contributed by atoms with Crippen molar-refractivity contribution in [2.75, 3.05) is 38.4 Å². The summed E-state index contributed by atoms with van der Waals surface area (Å²) in [6.07, 6.45) is -1.31. The van der Waals surface area contributed by atoms with Gasteiger partial charge in [-0.1, -0.05) is 12.1 Å². The maximum atomic E-state index is 14.1. The number of likely N-dealkylation sites (N-methyl/N-ethyl adjacent to an activating group) is 1. The lowest BCUT2D eigenvalue weighted by Gasteiger charge is -2.55. The van der Waals surface area contributed by atoms with E-state index in [-0.39, 0.29) is 36.4 Å². The smallest absolute Gasteiger partial charge is 0.230 e. The van der Waals surface area contributed by atoms with Crippen molar-refractivity contribution >= 4 is 34.6 Å². The highest BCUT2D eigenvalue weighted by atomic mass is 16.3. The Balaban J connectivity index is 1.57. The number of aliphatic hydroxyl groups is 2. The molecule has 43 heavy (non-hydrogen) atoms. The number of nitrogens with zero attached hydrogens (tertiary/aromatic N) is 3. The van der Waals surface area contributed by atoms with E-state index < -0.39 is 64.7 Å². The van der Waals surface area contributed by atoms with E-state index in [1.165, 1.54) is 0 Å². The Morgan fingerprint density at radius 1 is 1.14 bits per heavy atom. The zero-order valence-electron chi connectivity index (χ0n) is 24.4. The molecule has 226 valence electrons. The number of ketones is 3. The van der Waals surface area contributed by atoms with Gasteiger partial charge in [0.2, 0.25) is 5.91 Å². The van der Waals surface area contributed by atoms with E-state index >= 15 is 0 Å². The summed E-state index contributed by atoms with van der Waals surface area (Å²) in [6, 6.07) is 9.68. The molecular formula is C31H35N5O7. The predicted octanol–water partition coefficient (Wildman–Crippen LogP) is 0.209. The quantitative estimate of drug-likeness (QED) is 0.228. The molecule has 0 bridgehead atoms. The fourth-order valence-corrected chi connectivity index (χ4v) is 7.30. The maximum Gasteiger partial charge on any atom is 0.230 e. The number of hydrogen-bond acceptors (Lipinski definition) is 11. The number of aliphatic hydroxyl groups excluding tert-OH is 1. The largest absolute Gasteiger partial charge is 0.505 e. The minimum atomic E-state index is -2.71. The molecule has 2 saturated carbocycles. The molecular weight excluding hydrogens is 554 g/mol. The summed E-state index contributed by atoms with van der Waals surface area (Å²) in [5.41, 5.74) is 5.41. The van der Waals surface area contributed by atoms with Gasteiger partial charge in [-0.3, -0.25) is 19.2 Å². The third-order valence-corrected chi connectivity index (χ3v) is 9.31. The number of nitrogens with two attached hydrogens (primary N) is 1. The summed E-state index contributed by atoms with van der Waals surface area (Å²) >= 11 is 0. The second-order valence-electron chi connectivity index (χ2n) is 12.2. The number of rotatable bonds is 6. The lowest BCUT2D eigenvalue weighted by atomic mass is 9.52. The monoisotopic (exact) mass is 589 g/mol. The van der Waals surface area contributed by atoms with E-state index in [0.717, 1.165) is 5.56 Å². The number of nitriles is 1.